The summed E-state index contributed by atoms with van der Waals surface area (Å²) in [4.78, 5) is 14.4. The van der Waals surface area contributed by atoms with E-state index in [2.05, 4.69) is 5.10 Å². The zero-order valence-corrected chi connectivity index (χ0v) is 19.1. The molecular formula is C27H19ClN2O2S. The van der Waals surface area contributed by atoms with Gasteiger partial charge < -0.3 is 4.42 Å². The summed E-state index contributed by atoms with van der Waals surface area (Å²) in [5.74, 6) is 1.60. The summed E-state index contributed by atoms with van der Waals surface area (Å²) < 4.78 is 6.02. The number of hydrogen-bond acceptors (Lipinski definition) is 4. The fraction of sp³-hybridized carbons (Fsp3) is 0.0370. The summed E-state index contributed by atoms with van der Waals surface area (Å²) in [6.45, 7) is 0. The normalized spacial score (nSPS) is 14.7. The van der Waals surface area contributed by atoms with Crippen LogP contribution < -0.4 is 5.01 Å². The third kappa shape index (κ3) is 4.65. The average molecular weight is 471 g/mol. The highest BCUT2D eigenvalue weighted by molar-refractivity contribution is 8.00. The smallest absolute Gasteiger partial charge is 0.280 e. The molecule has 0 atom stereocenters. The summed E-state index contributed by atoms with van der Waals surface area (Å²) in [5, 5.41) is 6.72. The molecule has 0 fully saturated rings. The molecule has 1 amide bonds. The van der Waals surface area contributed by atoms with Crippen LogP contribution >= 0.6 is 23.4 Å². The molecule has 0 bridgehead atoms. The number of amides is 1. The van der Waals surface area contributed by atoms with Gasteiger partial charge in [-0.2, -0.15) is 10.1 Å². The van der Waals surface area contributed by atoms with Crippen LogP contribution in [0.25, 0.3) is 17.4 Å². The molecule has 1 aromatic heterocycles. The van der Waals surface area contributed by atoms with Crippen LogP contribution in [0.1, 0.15) is 5.76 Å². The lowest BCUT2D eigenvalue weighted by Crippen LogP contribution is -2.21. The summed E-state index contributed by atoms with van der Waals surface area (Å²) in [6.07, 6.45) is 1.76. The van der Waals surface area contributed by atoms with Crippen LogP contribution in [0.5, 0.6) is 0 Å². The zero-order chi connectivity index (χ0) is 22.6. The molecular weight excluding hydrogens is 452 g/mol. The molecule has 1 aliphatic rings. The highest BCUT2D eigenvalue weighted by Crippen LogP contribution is 2.32. The summed E-state index contributed by atoms with van der Waals surface area (Å²) in [6, 6.07) is 30.7. The van der Waals surface area contributed by atoms with E-state index >= 15 is 0 Å². The molecule has 0 radical (unpaired) electrons. The lowest BCUT2D eigenvalue weighted by molar-refractivity contribution is -0.114. The van der Waals surface area contributed by atoms with Crippen LogP contribution in [0.3, 0.4) is 0 Å². The topological polar surface area (TPSA) is 45.8 Å². The number of hydrazone groups is 1. The second-order valence-electron chi connectivity index (χ2n) is 7.34. The molecule has 0 saturated heterocycles. The fourth-order valence-electron chi connectivity index (χ4n) is 3.50. The van der Waals surface area contributed by atoms with Crippen molar-refractivity contribution >= 4 is 46.7 Å². The molecule has 2 heterocycles. The molecule has 0 aliphatic carbocycles. The summed E-state index contributed by atoms with van der Waals surface area (Å²) in [7, 11) is 0. The second kappa shape index (κ2) is 9.53. The van der Waals surface area contributed by atoms with Gasteiger partial charge in [0.15, 0.2) is 0 Å². The Labute approximate surface area is 201 Å². The Morgan fingerprint density at radius 3 is 2.33 bits per heavy atom. The molecule has 0 unspecified atom stereocenters. The minimum absolute atomic E-state index is 0.180. The van der Waals surface area contributed by atoms with Crippen molar-refractivity contribution in [3.8, 4) is 11.3 Å². The van der Waals surface area contributed by atoms with Crippen molar-refractivity contribution in [2.45, 2.75) is 4.90 Å². The van der Waals surface area contributed by atoms with E-state index in [1.807, 2.05) is 97.1 Å². The van der Waals surface area contributed by atoms with E-state index in [1.54, 1.807) is 17.8 Å². The Balaban J connectivity index is 1.47. The monoisotopic (exact) mass is 470 g/mol. The number of anilines is 1. The van der Waals surface area contributed by atoms with E-state index in [1.165, 1.54) is 5.01 Å². The van der Waals surface area contributed by atoms with Crippen molar-refractivity contribution in [2.24, 2.45) is 5.10 Å². The molecule has 3 aromatic carbocycles. The first-order valence-electron chi connectivity index (χ1n) is 10.4. The average Bonchev–Trinajstić information content (AvgIpc) is 3.44. The lowest BCUT2D eigenvalue weighted by Gasteiger charge is -2.10. The molecule has 4 aromatic rings. The number of carbonyl (C=O) groups excluding carboxylic acids is 1. The van der Waals surface area contributed by atoms with Gasteiger partial charge in [-0.25, -0.2) is 0 Å². The van der Waals surface area contributed by atoms with E-state index in [4.69, 9.17) is 16.0 Å². The van der Waals surface area contributed by atoms with Gasteiger partial charge >= 0.3 is 0 Å². The van der Waals surface area contributed by atoms with Crippen LogP contribution in [0.2, 0.25) is 5.02 Å². The number of furan rings is 1. The lowest BCUT2D eigenvalue weighted by atomic mass is 10.1. The molecule has 5 rings (SSSR count). The second-order valence-corrected chi connectivity index (χ2v) is 8.80. The Hall–Kier alpha value is -3.54. The van der Waals surface area contributed by atoms with Crippen molar-refractivity contribution in [1.82, 2.24) is 0 Å². The molecule has 6 heteroatoms. The molecule has 0 N–H and O–H groups in total. The first kappa shape index (κ1) is 21.3. The highest BCUT2D eigenvalue weighted by Gasteiger charge is 2.31. The predicted octanol–water partition coefficient (Wildman–Crippen LogP) is 7.18. The largest absolute Gasteiger partial charge is 0.457 e. The van der Waals surface area contributed by atoms with Gasteiger partial charge in [0, 0.05) is 16.2 Å². The zero-order valence-electron chi connectivity index (χ0n) is 17.5. The number of benzene rings is 3. The quantitative estimate of drug-likeness (QED) is 0.221. The number of thioether (sulfide) groups is 1. The van der Waals surface area contributed by atoms with E-state index in [9.17, 15) is 4.79 Å². The summed E-state index contributed by atoms with van der Waals surface area (Å²) >= 11 is 7.95. The molecule has 162 valence electrons. The maximum atomic E-state index is 13.3. The van der Waals surface area contributed by atoms with E-state index in [0.717, 1.165) is 16.1 Å². The third-order valence-electron chi connectivity index (χ3n) is 5.13. The van der Waals surface area contributed by atoms with Gasteiger partial charge in [-0.15, -0.1) is 11.8 Å². The fourth-order valence-corrected chi connectivity index (χ4v) is 4.60. The van der Waals surface area contributed by atoms with Crippen molar-refractivity contribution in [3.05, 3.63) is 113 Å². The standard InChI is InChI=1S/C27H19ClN2O2S/c28-24-14-8-7-13-22(24)26-16-15-20(32-26)17-23-25(18-33-21-11-5-2-6-12-21)29-30(27(23)31)19-9-3-1-4-10-19/h1-17H,18H2. The van der Waals surface area contributed by atoms with Crippen molar-refractivity contribution in [3.63, 3.8) is 0 Å². The highest BCUT2D eigenvalue weighted by atomic mass is 35.5. The van der Waals surface area contributed by atoms with Gasteiger partial charge in [-0.1, -0.05) is 60.1 Å². The maximum Gasteiger partial charge on any atom is 0.280 e. The molecule has 0 spiro atoms. The summed E-state index contributed by atoms with van der Waals surface area (Å²) in [5.41, 5.74) is 2.75. The van der Waals surface area contributed by atoms with Crippen LogP contribution in [-0.4, -0.2) is 17.4 Å². The number of halogens is 1. The van der Waals surface area contributed by atoms with E-state index in [0.29, 0.717) is 33.6 Å². The number of hydrogen-bond donors (Lipinski definition) is 0. The number of carbonyl (C=O) groups is 1. The van der Waals surface area contributed by atoms with Gasteiger partial charge in [0.1, 0.15) is 11.5 Å². The van der Waals surface area contributed by atoms with Crippen molar-refractivity contribution < 1.29 is 9.21 Å². The van der Waals surface area contributed by atoms with Crippen LogP contribution in [0.15, 0.2) is 117 Å². The third-order valence-corrected chi connectivity index (χ3v) is 6.48. The van der Waals surface area contributed by atoms with E-state index in [-0.39, 0.29) is 5.91 Å². The van der Waals surface area contributed by atoms with Gasteiger partial charge in [0.2, 0.25) is 0 Å². The van der Waals surface area contributed by atoms with Gasteiger partial charge in [0.25, 0.3) is 5.91 Å². The Morgan fingerprint density at radius 2 is 1.58 bits per heavy atom. The van der Waals surface area contributed by atoms with Gasteiger partial charge in [-0.05, 0) is 54.6 Å². The maximum absolute atomic E-state index is 13.3. The minimum atomic E-state index is -0.180. The Kier molecular flexibility index (Phi) is 6.15. The van der Waals surface area contributed by atoms with Gasteiger partial charge in [0.05, 0.1) is 22.0 Å². The first-order chi connectivity index (χ1) is 16.2. The predicted molar refractivity (Wildman–Crippen MR) is 136 cm³/mol. The molecule has 4 nitrogen and oxygen atoms in total. The Morgan fingerprint density at radius 1 is 0.879 bits per heavy atom. The van der Waals surface area contributed by atoms with Crippen molar-refractivity contribution in [2.75, 3.05) is 10.8 Å². The Bertz CT molecular complexity index is 1350. The van der Waals surface area contributed by atoms with Crippen LogP contribution in [0.4, 0.5) is 5.69 Å². The number of para-hydroxylation sites is 1. The van der Waals surface area contributed by atoms with Crippen LogP contribution in [0, 0.1) is 0 Å². The van der Waals surface area contributed by atoms with Crippen molar-refractivity contribution in [1.29, 1.82) is 0 Å². The number of nitrogens with zero attached hydrogens (tertiary/aromatic N) is 2. The molecule has 0 saturated carbocycles. The number of rotatable bonds is 6. The molecule has 1 aliphatic heterocycles. The SMILES string of the molecule is O=C1C(=Cc2ccc(-c3ccccc3Cl)o2)C(CSc2ccccc2)=NN1c1ccccc1. The van der Waals surface area contributed by atoms with Gasteiger partial charge in [-0.3, -0.25) is 4.79 Å². The molecule has 33 heavy (non-hydrogen) atoms. The minimum Gasteiger partial charge on any atom is -0.457 e. The van der Waals surface area contributed by atoms with Crippen LogP contribution in [-0.2, 0) is 4.79 Å². The van der Waals surface area contributed by atoms with E-state index < -0.39 is 0 Å². The first-order valence-corrected chi connectivity index (χ1v) is 11.8.